The van der Waals surface area contributed by atoms with Crippen molar-refractivity contribution in [3.05, 3.63) is 76.1 Å². The second kappa shape index (κ2) is 11.5. The van der Waals surface area contributed by atoms with Gasteiger partial charge in [0.05, 0.1) is 16.9 Å². The third-order valence-corrected chi connectivity index (χ3v) is 5.68. The van der Waals surface area contributed by atoms with Gasteiger partial charge in [0.1, 0.15) is 11.6 Å². The summed E-state index contributed by atoms with van der Waals surface area (Å²) in [4.78, 5) is 45.3. The summed E-state index contributed by atoms with van der Waals surface area (Å²) in [7, 11) is 0. The van der Waals surface area contributed by atoms with Crippen molar-refractivity contribution in [2.75, 3.05) is 13.1 Å². The zero-order chi connectivity index (χ0) is 24.7. The fourth-order valence-corrected chi connectivity index (χ4v) is 3.90. The molecule has 8 heteroatoms. The standard InChI is InChI=1S/C26H31FN4O3/c1-4-15-28-23(32)14-17-31-24(29-22-9-7-6-8-21(22)26(31)34)18(3)30(16-5-2)25(33)19-10-12-20(27)13-11-19/h6-13,18H,4-5,14-17H2,1-3H3,(H,28,32). The van der Waals surface area contributed by atoms with Gasteiger partial charge in [-0.25, -0.2) is 9.37 Å². The first kappa shape index (κ1) is 25.1. The van der Waals surface area contributed by atoms with Gasteiger partial charge in [0.15, 0.2) is 0 Å². The van der Waals surface area contributed by atoms with Crippen molar-refractivity contribution >= 4 is 22.7 Å². The van der Waals surface area contributed by atoms with Crippen LogP contribution in [0.25, 0.3) is 10.9 Å². The molecule has 0 radical (unpaired) electrons. The third-order valence-electron chi connectivity index (χ3n) is 5.68. The van der Waals surface area contributed by atoms with Crippen LogP contribution >= 0.6 is 0 Å². The van der Waals surface area contributed by atoms with Crippen LogP contribution in [0.1, 0.15) is 62.3 Å². The second-order valence-corrected chi connectivity index (χ2v) is 8.23. The number of amides is 2. The zero-order valence-corrected chi connectivity index (χ0v) is 19.9. The Labute approximate surface area is 198 Å². The average molecular weight is 467 g/mol. The summed E-state index contributed by atoms with van der Waals surface area (Å²) in [6.45, 7) is 6.90. The highest BCUT2D eigenvalue weighted by Gasteiger charge is 2.27. The molecule has 0 fully saturated rings. The van der Waals surface area contributed by atoms with Crippen molar-refractivity contribution in [3.8, 4) is 0 Å². The molecule has 1 atom stereocenters. The van der Waals surface area contributed by atoms with Gasteiger partial charge in [0.25, 0.3) is 11.5 Å². The van der Waals surface area contributed by atoms with Crippen LogP contribution in [0, 0.1) is 5.82 Å². The number of nitrogens with one attached hydrogen (secondary N) is 1. The predicted octanol–water partition coefficient (Wildman–Crippen LogP) is 4.07. The fraction of sp³-hybridized carbons (Fsp3) is 0.385. The molecule has 2 aromatic carbocycles. The maximum absolute atomic E-state index is 13.4. The van der Waals surface area contributed by atoms with E-state index in [1.807, 2.05) is 20.8 Å². The Morgan fingerprint density at radius 3 is 2.47 bits per heavy atom. The van der Waals surface area contributed by atoms with Gasteiger partial charge in [-0.05, 0) is 56.2 Å². The van der Waals surface area contributed by atoms with E-state index in [4.69, 9.17) is 4.98 Å². The van der Waals surface area contributed by atoms with Gasteiger partial charge in [-0.3, -0.25) is 19.0 Å². The van der Waals surface area contributed by atoms with Crippen molar-refractivity contribution < 1.29 is 14.0 Å². The Balaban J connectivity index is 2.03. The number of hydrogen-bond acceptors (Lipinski definition) is 4. The van der Waals surface area contributed by atoms with E-state index in [1.165, 1.54) is 28.8 Å². The largest absolute Gasteiger partial charge is 0.356 e. The molecule has 0 aliphatic heterocycles. The van der Waals surface area contributed by atoms with E-state index in [9.17, 15) is 18.8 Å². The van der Waals surface area contributed by atoms with Gasteiger partial charge in [-0.1, -0.05) is 26.0 Å². The maximum Gasteiger partial charge on any atom is 0.261 e. The Morgan fingerprint density at radius 2 is 1.79 bits per heavy atom. The van der Waals surface area contributed by atoms with Crippen LogP contribution in [0.15, 0.2) is 53.3 Å². The second-order valence-electron chi connectivity index (χ2n) is 8.23. The Hall–Kier alpha value is -3.55. The number of para-hydroxylation sites is 1. The average Bonchev–Trinajstić information content (AvgIpc) is 2.85. The van der Waals surface area contributed by atoms with Crippen LogP contribution in [0.2, 0.25) is 0 Å². The molecule has 3 rings (SSSR count). The van der Waals surface area contributed by atoms with E-state index >= 15 is 0 Å². The van der Waals surface area contributed by atoms with Crippen molar-refractivity contribution in [1.82, 2.24) is 19.8 Å². The van der Waals surface area contributed by atoms with Crippen molar-refractivity contribution in [2.24, 2.45) is 0 Å². The number of aromatic nitrogens is 2. The molecule has 2 amide bonds. The first-order valence-corrected chi connectivity index (χ1v) is 11.7. The van der Waals surface area contributed by atoms with E-state index in [0.29, 0.717) is 41.8 Å². The Kier molecular flexibility index (Phi) is 8.51. The minimum Gasteiger partial charge on any atom is -0.356 e. The summed E-state index contributed by atoms with van der Waals surface area (Å²) >= 11 is 0. The van der Waals surface area contributed by atoms with Crippen molar-refractivity contribution in [1.29, 1.82) is 0 Å². The van der Waals surface area contributed by atoms with Gasteiger partial charge < -0.3 is 10.2 Å². The fourth-order valence-electron chi connectivity index (χ4n) is 3.90. The molecule has 1 unspecified atom stereocenters. The molecule has 180 valence electrons. The van der Waals surface area contributed by atoms with Gasteiger partial charge in [0, 0.05) is 31.6 Å². The molecule has 34 heavy (non-hydrogen) atoms. The van der Waals surface area contributed by atoms with Crippen LogP contribution in [0.4, 0.5) is 4.39 Å². The zero-order valence-electron chi connectivity index (χ0n) is 19.9. The number of carbonyl (C=O) groups excluding carboxylic acids is 2. The number of halogens is 1. The quantitative estimate of drug-likeness (QED) is 0.488. The molecule has 0 spiro atoms. The van der Waals surface area contributed by atoms with Crippen LogP contribution < -0.4 is 10.9 Å². The molecular formula is C26H31FN4O3. The first-order valence-electron chi connectivity index (χ1n) is 11.7. The first-order chi connectivity index (χ1) is 16.4. The van der Waals surface area contributed by atoms with Gasteiger partial charge >= 0.3 is 0 Å². The van der Waals surface area contributed by atoms with Gasteiger partial charge in [0.2, 0.25) is 5.91 Å². The number of benzene rings is 2. The molecule has 7 nitrogen and oxygen atoms in total. The van der Waals surface area contributed by atoms with Crippen LogP contribution in [-0.4, -0.2) is 39.4 Å². The Bertz CT molecular complexity index is 1210. The third kappa shape index (κ3) is 5.68. The summed E-state index contributed by atoms with van der Waals surface area (Å²) in [5.74, 6) is -0.425. The van der Waals surface area contributed by atoms with Gasteiger partial charge in [-0.2, -0.15) is 0 Å². The molecule has 3 aromatic rings. The molecule has 0 saturated heterocycles. The predicted molar refractivity (Wildman–Crippen MR) is 130 cm³/mol. The summed E-state index contributed by atoms with van der Waals surface area (Å²) in [5.41, 5.74) is 0.642. The van der Waals surface area contributed by atoms with Gasteiger partial charge in [-0.15, -0.1) is 0 Å². The van der Waals surface area contributed by atoms with Crippen molar-refractivity contribution in [3.63, 3.8) is 0 Å². The highest BCUT2D eigenvalue weighted by molar-refractivity contribution is 5.94. The molecule has 0 saturated carbocycles. The molecule has 0 bridgehead atoms. The van der Waals surface area contributed by atoms with E-state index in [0.717, 1.165) is 6.42 Å². The van der Waals surface area contributed by atoms with E-state index in [-0.39, 0.29) is 30.3 Å². The van der Waals surface area contributed by atoms with E-state index < -0.39 is 11.9 Å². The summed E-state index contributed by atoms with van der Waals surface area (Å²) in [5, 5.41) is 3.28. The topological polar surface area (TPSA) is 84.3 Å². The van der Waals surface area contributed by atoms with Crippen LogP contribution in [0.5, 0.6) is 0 Å². The summed E-state index contributed by atoms with van der Waals surface area (Å²) in [6, 6.07) is 11.9. The number of nitrogens with zero attached hydrogens (tertiary/aromatic N) is 3. The molecular weight excluding hydrogens is 435 g/mol. The SMILES string of the molecule is CCCNC(=O)CCn1c(C(C)N(CCC)C(=O)c2ccc(F)cc2)nc2ccccc2c1=O. The normalized spacial score (nSPS) is 11.9. The van der Waals surface area contributed by atoms with Crippen LogP contribution in [0.3, 0.4) is 0 Å². The summed E-state index contributed by atoms with van der Waals surface area (Å²) < 4.78 is 14.9. The maximum atomic E-state index is 13.4. The minimum atomic E-state index is -0.548. The lowest BCUT2D eigenvalue weighted by molar-refractivity contribution is -0.121. The minimum absolute atomic E-state index is 0.124. The van der Waals surface area contributed by atoms with Crippen LogP contribution in [-0.2, 0) is 11.3 Å². The molecule has 1 aromatic heterocycles. The molecule has 1 N–H and O–H groups in total. The summed E-state index contributed by atoms with van der Waals surface area (Å²) in [6.07, 6.45) is 1.64. The smallest absolute Gasteiger partial charge is 0.261 e. The lowest BCUT2D eigenvalue weighted by Crippen LogP contribution is -2.39. The molecule has 1 heterocycles. The monoisotopic (exact) mass is 466 g/mol. The van der Waals surface area contributed by atoms with E-state index in [2.05, 4.69) is 5.32 Å². The Morgan fingerprint density at radius 1 is 1.09 bits per heavy atom. The number of fused-ring (bicyclic) bond motifs is 1. The number of carbonyl (C=O) groups is 2. The molecule has 0 aliphatic carbocycles. The number of rotatable bonds is 10. The number of hydrogen-bond donors (Lipinski definition) is 1. The highest BCUT2D eigenvalue weighted by atomic mass is 19.1. The highest BCUT2D eigenvalue weighted by Crippen LogP contribution is 2.23. The lowest BCUT2D eigenvalue weighted by Gasteiger charge is -2.30. The van der Waals surface area contributed by atoms with Crippen molar-refractivity contribution in [2.45, 2.75) is 52.6 Å². The lowest BCUT2D eigenvalue weighted by atomic mass is 10.1. The van der Waals surface area contributed by atoms with E-state index in [1.54, 1.807) is 29.2 Å². The molecule has 0 aliphatic rings.